The minimum absolute atomic E-state index is 0.265. The lowest BCUT2D eigenvalue weighted by Gasteiger charge is -2.12. The van der Waals surface area contributed by atoms with Crippen LogP contribution in [0, 0.1) is 0 Å². The fourth-order valence-corrected chi connectivity index (χ4v) is 2.00. The topological polar surface area (TPSA) is 29.9 Å². The number of nitrogens with one attached hydrogen (secondary N) is 1. The molecule has 0 saturated heterocycles. The van der Waals surface area contributed by atoms with Gasteiger partial charge in [0.15, 0.2) is 0 Å². The normalized spacial score (nSPS) is 12.6. The summed E-state index contributed by atoms with van der Waals surface area (Å²) in [6.45, 7) is 5.88. The van der Waals surface area contributed by atoms with E-state index in [9.17, 15) is 0 Å². The fourth-order valence-electron chi connectivity index (χ4n) is 1.80. The van der Waals surface area contributed by atoms with Crippen LogP contribution in [0.15, 0.2) is 36.7 Å². The quantitative estimate of drug-likeness (QED) is 0.896. The second-order valence-electron chi connectivity index (χ2n) is 4.32. The zero-order valence-corrected chi connectivity index (χ0v) is 11.5. The van der Waals surface area contributed by atoms with E-state index in [2.05, 4.69) is 30.5 Å². The zero-order chi connectivity index (χ0) is 13.0. The molecular formula is C14H18ClN3. The summed E-state index contributed by atoms with van der Waals surface area (Å²) in [5, 5.41) is 8.54. The van der Waals surface area contributed by atoms with Crippen molar-refractivity contribution in [1.82, 2.24) is 15.1 Å². The van der Waals surface area contributed by atoms with Crippen molar-refractivity contribution in [3.8, 4) is 0 Å². The maximum absolute atomic E-state index is 6.12. The van der Waals surface area contributed by atoms with Gasteiger partial charge in [-0.15, -0.1) is 0 Å². The van der Waals surface area contributed by atoms with E-state index in [-0.39, 0.29) is 6.04 Å². The van der Waals surface area contributed by atoms with Gasteiger partial charge in [0.2, 0.25) is 0 Å². The molecule has 2 rings (SSSR count). The molecule has 1 heterocycles. The molecule has 0 fully saturated rings. The molecule has 0 aliphatic carbocycles. The number of hydrogen-bond acceptors (Lipinski definition) is 2. The van der Waals surface area contributed by atoms with Gasteiger partial charge >= 0.3 is 0 Å². The fraction of sp³-hybridized carbons (Fsp3) is 0.357. The van der Waals surface area contributed by atoms with Gasteiger partial charge in [0.25, 0.3) is 0 Å². The van der Waals surface area contributed by atoms with Crippen molar-refractivity contribution in [3.63, 3.8) is 0 Å². The largest absolute Gasteiger partial charge is 0.306 e. The summed E-state index contributed by atoms with van der Waals surface area (Å²) in [6, 6.07) is 8.17. The molecule has 1 unspecified atom stereocenters. The summed E-state index contributed by atoms with van der Waals surface area (Å²) >= 11 is 6.12. The Morgan fingerprint density at radius 2 is 2.17 bits per heavy atom. The average molecular weight is 264 g/mol. The molecule has 96 valence electrons. The molecule has 0 saturated carbocycles. The average Bonchev–Trinajstić information content (AvgIpc) is 2.86. The van der Waals surface area contributed by atoms with Crippen LogP contribution >= 0.6 is 11.6 Å². The lowest BCUT2D eigenvalue weighted by molar-refractivity contribution is 0.573. The van der Waals surface area contributed by atoms with E-state index in [1.54, 1.807) is 0 Å². The van der Waals surface area contributed by atoms with Crippen LogP contribution in [0.3, 0.4) is 0 Å². The molecular weight excluding hydrogens is 246 g/mol. The lowest BCUT2D eigenvalue weighted by atomic mass is 10.1. The van der Waals surface area contributed by atoms with Crippen LogP contribution in [-0.2, 0) is 13.1 Å². The van der Waals surface area contributed by atoms with E-state index in [1.807, 2.05) is 35.1 Å². The standard InChI is InChI=1S/C14H18ClN3/c1-3-18-10-13(9-17-18)11(2)16-8-12-6-4-5-7-14(12)15/h4-7,9-11,16H,3,8H2,1-2H3. The molecule has 0 radical (unpaired) electrons. The van der Waals surface area contributed by atoms with Gasteiger partial charge < -0.3 is 5.32 Å². The van der Waals surface area contributed by atoms with Gasteiger partial charge in [-0.2, -0.15) is 5.10 Å². The Morgan fingerprint density at radius 1 is 1.39 bits per heavy atom. The third-order valence-corrected chi connectivity index (χ3v) is 3.40. The van der Waals surface area contributed by atoms with Crippen molar-refractivity contribution in [2.24, 2.45) is 0 Å². The number of aromatic nitrogens is 2. The Balaban J connectivity index is 1.96. The highest BCUT2D eigenvalue weighted by molar-refractivity contribution is 6.31. The third kappa shape index (κ3) is 3.12. The first-order valence-corrected chi connectivity index (χ1v) is 6.57. The molecule has 0 aliphatic heterocycles. The first-order valence-electron chi connectivity index (χ1n) is 6.20. The molecule has 0 bridgehead atoms. The van der Waals surface area contributed by atoms with Gasteiger partial charge in [-0.05, 0) is 25.5 Å². The summed E-state index contributed by atoms with van der Waals surface area (Å²) in [7, 11) is 0. The molecule has 1 N–H and O–H groups in total. The van der Waals surface area contributed by atoms with Gasteiger partial charge in [0, 0.05) is 35.9 Å². The van der Waals surface area contributed by atoms with Crippen molar-refractivity contribution >= 4 is 11.6 Å². The highest BCUT2D eigenvalue weighted by atomic mass is 35.5. The minimum Gasteiger partial charge on any atom is -0.306 e. The van der Waals surface area contributed by atoms with Crippen LogP contribution in [0.5, 0.6) is 0 Å². The molecule has 0 spiro atoms. The molecule has 1 aromatic heterocycles. The van der Waals surface area contributed by atoms with Crippen LogP contribution < -0.4 is 5.32 Å². The number of aryl methyl sites for hydroxylation is 1. The first kappa shape index (κ1) is 13.1. The Bertz CT molecular complexity index is 507. The van der Waals surface area contributed by atoms with E-state index >= 15 is 0 Å². The Morgan fingerprint density at radius 3 is 2.83 bits per heavy atom. The third-order valence-electron chi connectivity index (χ3n) is 3.03. The molecule has 18 heavy (non-hydrogen) atoms. The van der Waals surface area contributed by atoms with Crippen molar-refractivity contribution in [1.29, 1.82) is 0 Å². The molecule has 1 atom stereocenters. The summed E-state index contributed by atoms with van der Waals surface area (Å²) in [6.07, 6.45) is 3.98. The molecule has 4 heteroatoms. The molecule has 2 aromatic rings. The van der Waals surface area contributed by atoms with E-state index < -0.39 is 0 Å². The molecule has 3 nitrogen and oxygen atoms in total. The van der Waals surface area contributed by atoms with E-state index in [0.29, 0.717) is 0 Å². The first-order chi connectivity index (χ1) is 8.70. The summed E-state index contributed by atoms with van der Waals surface area (Å²) in [4.78, 5) is 0. The number of hydrogen-bond donors (Lipinski definition) is 1. The maximum atomic E-state index is 6.12. The number of nitrogens with zero attached hydrogens (tertiary/aromatic N) is 2. The van der Waals surface area contributed by atoms with Gasteiger partial charge in [-0.1, -0.05) is 29.8 Å². The van der Waals surface area contributed by atoms with Crippen LogP contribution in [-0.4, -0.2) is 9.78 Å². The minimum atomic E-state index is 0.265. The second-order valence-corrected chi connectivity index (χ2v) is 4.73. The summed E-state index contributed by atoms with van der Waals surface area (Å²) in [5.74, 6) is 0. The Hall–Kier alpha value is -1.32. The second kappa shape index (κ2) is 6.03. The SMILES string of the molecule is CCn1cc(C(C)NCc2ccccc2Cl)cn1. The lowest BCUT2D eigenvalue weighted by Crippen LogP contribution is -2.17. The van der Waals surface area contributed by atoms with Crippen LogP contribution in [0.4, 0.5) is 0 Å². The van der Waals surface area contributed by atoms with Crippen molar-refractivity contribution in [2.45, 2.75) is 33.0 Å². The van der Waals surface area contributed by atoms with Gasteiger partial charge in [-0.3, -0.25) is 4.68 Å². The summed E-state index contributed by atoms with van der Waals surface area (Å²) < 4.78 is 1.93. The van der Waals surface area contributed by atoms with E-state index in [0.717, 1.165) is 23.7 Å². The van der Waals surface area contributed by atoms with Crippen molar-refractivity contribution in [3.05, 3.63) is 52.8 Å². The number of benzene rings is 1. The maximum Gasteiger partial charge on any atom is 0.0537 e. The monoisotopic (exact) mass is 263 g/mol. The molecule has 0 aliphatic rings. The van der Waals surface area contributed by atoms with Gasteiger partial charge in [0.1, 0.15) is 0 Å². The van der Waals surface area contributed by atoms with Crippen LogP contribution in [0.2, 0.25) is 5.02 Å². The predicted octanol–water partition coefficient (Wildman–Crippen LogP) is 3.41. The van der Waals surface area contributed by atoms with E-state index in [4.69, 9.17) is 11.6 Å². The van der Waals surface area contributed by atoms with Gasteiger partial charge in [0.05, 0.1) is 6.20 Å². The smallest absolute Gasteiger partial charge is 0.0537 e. The van der Waals surface area contributed by atoms with E-state index in [1.165, 1.54) is 5.56 Å². The predicted molar refractivity (Wildman–Crippen MR) is 74.6 cm³/mol. The zero-order valence-electron chi connectivity index (χ0n) is 10.7. The van der Waals surface area contributed by atoms with Crippen molar-refractivity contribution < 1.29 is 0 Å². The number of rotatable bonds is 5. The summed E-state index contributed by atoms with van der Waals surface area (Å²) in [5.41, 5.74) is 2.32. The van der Waals surface area contributed by atoms with Gasteiger partial charge in [-0.25, -0.2) is 0 Å². The highest BCUT2D eigenvalue weighted by Crippen LogP contribution is 2.17. The number of halogens is 1. The highest BCUT2D eigenvalue weighted by Gasteiger charge is 2.08. The molecule has 0 amide bonds. The van der Waals surface area contributed by atoms with Crippen LogP contribution in [0.1, 0.15) is 31.0 Å². The van der Waals surface area contributed by atoms with Crippen molar-refractivity contribution in [2.75, 3.05) is 0 Å². The molecule has 1 aromatic carbocycles. The Kier molecular flexibility index (Phi) is 4.39. The Labute approximate surface area is 113 Å². The van der Waals surface area contributed by atoms with Crippen LogP contribution in [0.25, 0.3) is 0 Å².